The first-order chi connectivity index (χ1) is 7.40. The molecule has 1 rings (SSSR count). The van der Waals surface area contributed by atoms with Crippen LogP contribution in [0.3, 0.4) is 0 Å². The van der Waals surface area contributed by atoms with Crippen LogP contribution in [-0.2, 0) is 5.92 Å². The Hall–Kier alpha value is -1.16. The first kappa shape index (κ1) is 12.9. The summed E-state index contributed by atoms with van der Waals surface area (Å²) in [6.07, 6.45) is 0. The lowest BCUT2D eigenvalue weighted by atomic mass is 9.96. The van der Waals surface area contributed by atoms with Crippen molar-refractivity contribution >= 4 is 0 Å². The van der Waals surface area contributed by atoms with Crippen LogP contribution in [0.5, 0.6) is 5.75 Å². The number of halogens is 2. The number of alkyl halides is 2. The van der Waals surface area contributed by atoms with Gasteiger partial charge in [-0.2, -0.15) is 0 Å². The summed E-state index contributed by atoms with van der Waals surface area (Å²) < 4.78 is 31.6. The van der Waals surface area contributed by atoms with Gasteiger partial charge in [0.05, 0.1) is 12.7 Å². The number of ether oxygens (including phenoxy) is 1. The zero-order valence-corrected chi connectivity index (χ0v) is 9.76. The van der Waals surface area contributed by atoms with Crippen molar-refractivity contribution in [3.8, 4) is 5.75 Å². The van der Waals surface area contributed by atoms with Crippen LogP contribution in [0.2, 0.25) is 0 Å². The molecule has 4 heteroatoms. The highest BCUT2D eigenvalue weighted by molar-refractivity contribution is 5.41. The third-order valence-electron chi connectivity index (χ3n) is 2.62. The maximum absolute atomic E-state index is 13.3. The molecular weight excluding hydrogens is 212 g/mol. The summed E-state index contributed by atoms with van der Waals surface area (Å²) in [7, 11) is 1.39. The fraction of sp³-hybridized carbons (Fsp3) is 0.500. The second kappa shape index (κ2) is 4.78. The van der Waals surface area contributed by atoms with Gasteiger partial charge in [0.25, 0.3) is 5.92 Å². The summed E-state index contributed by atoms with van der Waals surface area (Å²) in [5.41, 5.74) is 6.23. The average Bonchev–Trinajstić information content (AvgIpc) is 2.26. The van der Waals surface area contributed by atoms with Gasteiger partial charge in [0.1, 0.15) is 5.75 Å². The molecule has 0 aliphatic heterocycles. The molecule has 0 aliphatic carbocycles. The summed E-state index contributed by atoms with van der Waals surface area (Å²) in [6, 6.07) is 4.80. The second-order valence-electron chi connectivity index (χ2n) is 3.98. The van der Waals surface area contributed by atoms with Crippen molar-refractivity contribution in [3.05, 3.63) is 29.3 Å². The molecule has 0 spiro atoms. The van der Waals surface area contributed by atoms with Crippen LogP contribution in [-0.4, -0.2) is 13.7 Å². The molecule has 0 saturated carbocycles. The number of hydrogen-bond donors (Lipinski definition) is 1. The van der Waals surface area contributed by atoms with Gasteiger partial charge in [0.15, 0.2) is 0 Å². The van der Waals surface area contributed by atoms with E-state index in [0.29, 0.717) is 6.54 Å². The monoisotopic (exact) mass is 229 g/mol. The smallest absolute Gasteiger partial charge is 0.274 e. The van der Waals surface area contributed by atoms with Crippen LogP contribution in [0.4, 0.5) is 8.78 Å². The predicted molar refractivity (Wildman–Crippen MR) is 60.0 cm³/mol. The number of nitrogens with two attached hydrogens (primary N) is 1. The number of hydrogen-bond acceptors (Lipinski definition) is 2. The molecule has 0 aromatic heterocycles. The van der Waals surface area contributed by atoms with E-state index < -0.39 is 5.92 Å². The first-order valence-corrected chi connectivity index (χ1v) is 5.16. The fourth-order valence-corrected chi connectivity index (χ4v) is 1.51. The molecule has 0 amide bonds. The van der Waals surface area contributed by atoms with Gasteiger partial charge >= 0.3 is 0 Å². The van der Waals surface area contributed by atoms with E-state index in [1.807, 2.05) is 6.92 Å². The summed E-state index contributed by atoms with van der Waals surface area (Å²) in [5, 5.41) is 0. The highest BCUT2D eigenvalue weighted by atomic mass is 19.3. The lowest BCUT2D eigenvalue weighted by molar-refractivity contribution is 0.0150. The van der Waals surface area contributed by atoms with Crippen molar-refractivity contribution in [3.63, 3.8) is 0 Å². The summed E-state index contributed by atoms with van der Waals surface area (Å²) >= 11 is 0. The second-order valence-corrected chi connectivity index (χ2v) is 3.98. The minimum Gasteiger partial charge on any atom is -0.496 e. The Morgan fingerprint density at radius 2 is 2.06 bits per heavy atom. The summed E-state index contributed by atoms with van der Waals surface area (Å²) in [4.78, 5) is 0. The van der Waals surface area contributed by atoms with Crippen LogP contribution in [0.1, 0.15) is 30.9 Å². The van der Waals surface area contributed by atoms with Gasteiger partial charge in [-0.25, -0.2) is 8.78 Å². The Bertz CT molecular complexity index is 361. The van der Waals surface area contributed by atoms with Gasteiger partial charge in [-0.05, 0) is 30.2 Å². The third kappa shape index (κ3) is 2.70. The molecule has 0 fully saturated rings. The van der Waals surface area contributed by atoms with Crippen LogP contribution < -0.4 is 10.5 Å². The molecule has 0 radical (unpaired) electrons. The molecule has 0 aliphatic rings. The van der Waals surface area contributed by atoms with E-state index in [9.17, 15) is 8.78 Å². The number of rotatable bonds is 4. The fourth-order valence-electron chi connectivity index (χ4n) is 1.51. The minimum absolute atomic E-state index is 0.0620. The van der Waals surface area contributed by atoms with Gasteiger partial charge in [0, 0.05) is 6.92 Å². The molecular formula is C12H17F2NO. The standard InChI is InChI=1S/C12H17F2NO/c1-8(7-15)9-4-5-11(16-3)10(6-9)12(2,13)14/h4-6,8H,7,15H2,1-3H3. The molecule has 2 nitrogen and oxygen atoms in total. The van der Waals surface area contributed by atoms with Crippen LogP contribution in [0.15, 0.2) is 18.2 Å². The molecule has 2 N–H and O–H groups in total. The lowest BCUT2D eigenvalue weighted by Crippen LogP contribution is -2.13. The first-order valence-electron chi connectivity index (χ1n) is 5.16. The Morgan fingerprint density at radius 1 is 1.44 bits per heavy atom. The quantitative estimate of drug-likeness (QED) is 0.861. The van der Waals surface area contributed by atoms with E-state index in [-0.39, 0.29) is 17.2 Å². The molecule has 1 unspecified atom stereocenters. The average molecular weight is 229 g/mol. The summed E-state index contributed by atoms with van der Waals surface area (Å²) in [6.45, 7) is 3.20. The zero-order valence-electron chi connectivity index (χ0n) is 9.76. The molecule has 0 bridgehead atoms. The molecule has 0 heterocycles. The predicted octanol–water partition coefficient (Wildman–Crippen LogP) is 2.87. The van der Waals surface area contributed by atoms with Gasteiger partial charge in [-0.1, -0.05) is 13.0 Å². The van der Waals surface area contributed by atoms with E-state index in [1.54, 1.807) is 12.1 Å². The topological polar surface area (TPSA) is 35.2 Å². The SMILES string of the molecule is COc1ccc(C(C)CN)cc1C(C)(F)F. The third-order valence-corrected chi connectivity index (χ3v) is 2.62. The maximum Gasteiger partial charge on any atom is 0.274 e. The van der Waals surface area contributed by atoms with E-state index in [4.69, 9.17) is 10.5 Å². The largest absolute Gasteiger partial charge is 0.496 e. The molecule has 0 saturated heterocycles. The van der Waals surface area contributed by atoms with Crippen molar-refractivity contribution in [2.75, 3.05) is 13.7 Å². The van der Waals surface area contributed by atoms with E-state index in [0.717, 1.165) is 12.5 Å². The minimum atomic E-state index is -2.91. The van der Waals surface area contributed by atoms with Crippen molar-refractivity contribution < 1.29 is 13.5 Å². The van der Waals surface area contributed by atoms with Crippen molar-refractivity contribution in [1.29, 1.82) is 0 Å². The van der Waals surface area contributed by atoms with Crippen molar-refractivity contribution in [2.45, 2.75) is 25.7 Å². The van der Waals surface area contributed by atoms with Crippen LogP contribution in [0.25, 0.3) is 0 Å². The molecule has 1 atom stereocenters. The Labute approximate surface area is 94.4 Å². The van der Waals surface area contributed by atoms with Crippen LogP contribution >= 0.6 is 0 Å². The highest BCUT2D eigenvalue weighted by Crippen LogP contribution is 2.36. The molecule has 90 valence electrons. The number of methoxy groups -OCH3 is 1. The van der Waals surface area contributed by atoms with Crippen molar-refractivity contribution in [2.24, 2.45) is 5.73 Å². The van der Waals surface area contributed by atoms with Crippen molar-refractivity contribution in [1.82, 2.24) is 0 Å². The van der Waals surface area contributed by atoms with E-state index >= 15 is 0 Å². The zero-order chi connectivity index (χ0) is 12.3. The van der Waals surface area contributed by atoms with E-state index in [2.05, 4.69) is 0 Å². The Kier molecular flexibility index (Phi) is 3.86. The van der Waals surface area contributed by atoms with Gasteiger partial charge < -0.3 is 10.5 Å². The van der Waals surface area contributed by atoms with Gasteiger partial charge in [-0.3, -0.25) is 0 Å². The van der Waals surface area contributed by atoms with Gasteiger partial charge in [-0.15, -0.1) is 0 Å². The maximum atomic E-state index is 13.3. The Morgan fingerprint density at radius 3 is 2.50 bits per heavy atom. The molecule has 1 aromatic rings. The molecule has 1 aromatic carbocycles. The normalized spacial score (nSPS) is 13.6. The lowest BCUT2D eigenvalue weighted by Gasteiger charge is -2.18. The highest BCUT2D eigenvalue weighted by Gasteiger charge is 2.29. The number of benzene rings is 1. The van der Waals surface area contributed by atoms with Crippen LogP contribution in [0, 0.1) is 0 Å². The van der Waals surface area contributed by atoms with E-state index in [1.165, 1.54) is 13.2 Å². The van der Waals surface area contributed by atoms with Gasteiger partial charge in [0.2, 0.25) is 0 Å². The molecule has 16 heavy (non-hydrogen) atoms. The Balaban J connectivity index is 3.22. The summed E-state index contributed by atoms with van der Waals surface area (Å²) in [5.74, 6) is -2.64.